The Balaban J connectivity index is 1.88. The van der Waals surface area contributed by atoms with E-state index in [-0.39, 0.29) is 37.6 Å². The first-order chi connectivity index (χ1) is 14.4. The fraction of sp³-hybridized carbons (Fsp3) is 0.300. The zero-order chi connectivity index (χ0) is 21.7. The lowest BCUT2D eigenvalue weighted by atomic mass is 9.99. The lowest BCUT2D eigenvalue weighted by Crippen LogP contribution is -2.29. The highest BCUT2D eigenvalue weighted by atomic mass is 16.5. The maximum atomic E-state index is 12.6. The van der Waals surface area contributed by atoms with E-state index in [4.69, 9.17) is 14.7 Å². The van der Waals surface area contributed by atoms with Crippen LogP contribution in [0.3, 0.4) is 0 Å². The Bertz CT molecular complexity index is 1150. The standard InChI is InChI=1S/C20H21N5O5/c1-25(2)13-4-3-12-9-14-15(20(28)22-5-7-29-8-6-23-24-21)11-16(26)18(27)19(14)30-17(12)10-13/h3-4,9-11,27H,5-8H2,1-2H3,(H,22,28). The highest BCUT2D eigenvalue weighted by Gasteiger charge is 2.23. The number of nitrogens with zero attached hydrogens (tertiary/aromatic N) is 4. The van der Waals surface area contributed by atoms with Gasteiger partial charge in [-0.05, 0) is 23.7 Å². The molecular formula is C20H21N5O5. The number of nitrogens with one attached hydrogen (secondary N) is 1. The van der Waals surface area contributed by atoms with Crippen molar-refractivity contribution < 1.29 is 19.1 Å². The Hall–Kier alpha value is -3.75. The molecule has 0 bridgehead atoms. The number of anilines is 1. The van der Waals surface area contributed by atoms with Gasteiger partial charge in [0.25, 0.3) is 5.91 Å². The summed E-state index contributed by atoms with van der Waals surface area (Å²) in [6.45, 7) is 0.861. The maximum Gasteiger partial charge on any atom is 0.252 e. The SMILES string of the molecule is CN(C)c1ccc2cc3c(C(=O)NCCOCCN=[N+]=[N-])cc(=O)c(O)c-3oc2c1. The molecule has 1 aromatic carbocycles. The topological polar surface area (TPSA) is 141 Å². The van der Waals surface area contributed by atoms with Gasteiger partial charge in [0.05, 0.1) is 18.8 Å². The van der Waals surface area contributed by atoms with Gasteiger partial charge in [-0.25, -0.2) is 0 Å². The highest BCUT2D eigenvalue weighted by molar-refractivity contribution is 6.03. The van der Waals surface area contributed by atoms with Crippen LogP contribution in [0, 0.1) is 0 Å². The number of fused-ring (bicyclic) bond motifs is 2. The summed E-state index contributed by atoms with van der Waals surface area (Å²) >= 11 is 0. The number of aromatic hydroxyl groups is 1. The molecule has 1 amide bonds. The van der Waals surface area contributed by atoms with Crippen LogP contribution in [0.25, 0.3) is 32.7 Å². The second-order valence-corrected chi connectivity index (χ2v) is 6.70. The Kier molecular flexibility index (Phi) is 6.41. The summed E-state index contributed by atoms with van der Waals surface area (Å²) in [6, 6.07) is 8.33. The number of rotatable bonds is 8. The molecule has 3 rings (SSSR count). The van der Waals surface area contributed by atoms with E-state index in [9.17, 15) is 14.7 Å². The van der Waals surface area contributed by atoms with Crippen LogP contribution in [-0.2, 0) is 4.74 Å². The lowest BCUT2D eigenvalue weighted by molar-refractivity contribution is 0.0920. The fourth-order valence-electron chi connectivity index (χ4n) is 2.93. The largest absolute Gasteiger partial charge is 0.502 e. The van der Waals surface area contributed by atoms with Crippen LogP contribution in [0.4, 0.5) is 5.69 Å². The molecule has 0 aromatic heterocycles. The van der Waals surface area contributed by atoms with E-state index in [1.807, 2.05) is 31.1 Å². The van der Waals surface area contributed by atoms with Crippen LogP contribution in [-0.4, -0.2) is 51.4 Å². The van der Waals surface area contributed by atoms with Gasteiger partial charge in [0, 0.05) is 60.9 Å². The second kappa shape index (κ2) is 9.17. The van der Waals surface area contributed by atoms with Crippen LogP contribution in [0.1, 0.15) is 10.4 Å². The first kappa shape index (κ1) is 21.0. The second-order valence-electron chi connectivity index (χ2n) is 6.70. The van der Waals surface area contributed by atoms with E-state index >= 15 is 0 Å². The number of carbonyl (C=O) groups is 1. The third kappa shape index (κ3) is 4.45. The van der Waals surface area contributed by atoms with Crippen molar-refractivity contribution in [3.8, 4) is 17.1 Å². The van der Waals surface area contributed by atoms with Crippen LogP contribution >= 0.6 is 0 Å². The quantitative estimate of drug-likeness (QED) is 0.192. The monoisotopic (exact) mass is 411 g/mol. The predicted octanol–water partition coefficient (Wildman–Crippen LogP) is 2.73. The molecule has 1 aliphatic heterocycles. The normalized spacial score (nSPS) is 10.7. The Morgan fingerprint density at radius 1 is 1.30 bits per heavy atom. The van der Waals surface area contributed by atoms with Crippen molar-refractivity contribution in [2.45, 2.75) is 0 Å². The Labute approximate surface area is 171 Å². The number of phenolic OH excluding ortho intramolecular Hbond substituents is 1. The summed E-state index contributed by atoms with van der Waals surface area (Å²) in [4.78, 5) is 29.3. The molecule has 0 radical (unpaired) electrons. The molecule has 30 heavy (non-hydrogen) atoms. The molecule has 0 saturated carbocycles. The van der Waals surface area contributed by atoms with Crippen molar-refractivity contribution >= 4 is 22.6 Å². The summed E-state index contributed by atoms with van der Waals surface area (Å²) in [6.07, 6.45) is 0. The summed E-state index contributed by atoms with van der Waals surface area (Å²) in [5.41, 5.74) is 9.29. The first-order valence-electron chi connectivity index (χ1n) is 9.20. The van der Waals surface area contributed by atoms with Crippen molar-refractivity contribution in [2.75, 3.05) is 45.3 Å². The van der Waals surface area contributed by atoms with Crippen LogP contribution < -0.4 is 15.6 Å². The number of benzene rings is 2. The summed E-state index contributed by atoms with van der Waals surface area (Å²) in [7, 11) is 3.77. The van der Waals surface area contributed by atoms with Crippen molar-refractivity contribution in [3.63, 3.8) is 0 Å². The van der Waals surface area contributed by atoms with Crippen molar-refractivity contribution in [3.05, 3.63) is 56.6 Å². The van der Waals surface area contributed by atoms with E-state index < -0.39 is 17.1 Å². The number of phenols is 1. The number of amides is 1. The van der Waals surface area contributed by atoms with Crippen LogP contribution in [0.15, 0.2) is 44.7 Å². The average Bonchev–Trinajstić information content (AvgIpc) is 2.74. The molecule has 10 heteroatoms. The van der Waals surface area contributed by atoms with Gasteiger partial charge in [-0.3, -0.25) is 9.59 Å². The minimum absolute atomic E-state index is 0.0401. The molecule has 0 saturated heterocycles. The van der Waals surface area contributed by atoms with Crippen molar-refractivity contribution in [1.82, 2.24) is 5.32 Å². The van der Waals surface area contributed by atoms with Gasteiger partial charge in [0.1, 0.15) is 5.58 Å². The summed E-state index contributed by atoms with van der Waals surface area (Å²) in [5.74, 6) is -1.07. The molecule has 0 unspecified atom stereocenters. The van der Waals surface area contributed by atoms with Gasteiger partial charge in [0.2, 0.25) is 11.2 Å². The number of hydrogen-bond acceptors (Lipinski definition) is 7. The number of hydrogen-bond donors (Lipinski definition) is 2. The molecule has 1 aromatic rings. The van der Waals surface area contributed by atoms with E-state index in [0.717, 1.165) is 17.1 Å². The number of carbonyl (C=O) groups excluding carboxylic acids is 1. The van der Waals surface area contributed by atoms with Gasteiger partial charge in [0.15, 0.2) is 5.76 Å². The smallest absolute Gasteiger partial charge is 0.252 e. The van der Waals surface area contributed by atoms with Gasteiger partial charge >= 0.3 is 0 Å². The van der Waals surface area contributed by atoms with Gasteiger partial charge in [-0.2, -0.15) is 0 Å². The number of ether oxygens (including phenoxy) is 1. The maximum absolute atomic E-state index is 12.6. The zero-order valence-corrected chi connectivity index (χ0v) is 16.6. The Morgan fingerprint density at radius 2 is 2.10 bits per heavy atom. The molecule has 0 spiro atoms. The minimum Gasteiger partial charge on any atom is -0.502 e. The van der Waals surface area contributed by atoms with E-state index in [2.05, 4.69) is 15.3 Å². The molecular weight excluding hydrogens is 390 g/mol. The summed E-state index contributed by atoms with van der Waals surface area (Å²) in [5, 5.41) is 16.9. The van der Waals surface area contributed by atoms with Gasteiger partial charge in [-0.15, -0.1) is 0 Å². The molecule has 2 N–H and O–H groups in total. The molecule has 0 fully saturated rings. The van der Waals surface area contributed by atoms with Crippen molar-refractivity contribution in [2.24, 2.45) is 5.11 Å². The molecule has 10 nitrogen and oxygen atoms in total. The lowest BCUT2D eigenvalue weighted by Gasteiger charge is -2.16. The third-order valence-electron chi connectivity index (χ3n) is 4.46. The van der Waals surface area contributed by atoms with E-state index in [1.54, 1.807) is 12.1 Å². The van der Waals surface area contributed by atoms with Crippen LogP contribution in [0.5, 0.6) is 5.75 Å². The third-order valence-corrected chi connectivity index (χ3v) is 4.46. The minimum atomic E-state index is -0.704. The molecule has 1 aliphatic carbocycles. The fourth-order valence-corrected chi connectivity index (χ4v) is 2.93. The van der Waals surface area contributed by atoms with Crippen LogP contribution in [0.2, 0.25) is 0 Å². The number of azide groups is 1. The molecule has 2 aliphatic rings. The average molecular weight is 411 g/mol. The Morgan fingerprint density at radius 3 is 2.83 bits per heavy atom. The van der Waals surface area contributed by atoms with E-state index in [0.29, 0.717) is 11.1 Å². The highest BCUT2D eigenvalue weighted by Crippen LogP contribution is 2.36. The van der Waals surface area contributed by atoms with E-state index in [1.165, 1.54) is 0 Å². The summed E-state index contributed by atoms with van der Waals surface area (Å²) < 4.78 is 11.0. The first-order valence-corrected chi connectivity index (χ1v) is 9.20. The zero-order valence-electron chi connectivity index (χ0n) is 16.6. The molecule has 1 heterocycles. The molecule has 0 atom stereocenters. The predicted molar refractivity (Wildman–Crippen MR) is 112 cm³/mol. The molecule has 156 valence electrons. The van der Waals surface area contributed by atoms with Gasteiger partial charge < -0.3 is 24.5 Å². The van der Waals surface area contributed by atoms with Crippen molar-refractivity contribution in [1.29, 1.82) is 0 Å². The van der Waals surface area contributed by atoms with Gasteiger partial charge in [-0.1, -0.05) is 5.11 Å².